The molecule has 0 aliphatic heterocycles. The molecule has 0 nitrogen and oxygen atoms in total. The standard InChI is InChI=1S/C46H71/c1-5-7-9-11-13-15-17-19-21-23-25-29-33-46(34-30-26-24-22-20-18-16-14-12-10-8-6-2)44-32-28-27-31-41(44)43-36-40-35-38(3)39(4)42(40)37-45(43)46/h27-28,31-32,35-37H,5-26,29-30,33-34H2,1-4H3. The zero-order valence-electron chi connectivity index (χ0n) is 30.9. The molecule has 0 spiro atoms. The lowest BCUT2D eigenvalue weighted by Crippen LogP contribution is -2.25. The third kappa shape index (κ3) is 10.3. The fraction of sp³-hybridized carbons (Fsp3) is 0.674. The molecule has 2 aromatic rings. The maximum atomic E-state index is 2.65. The van der Waals surface area contributed by atoms with Crippen LogP contribution in [0, 0.1) is 6.42 Å². The van der Waals surface area contributed by atoms with Gasteiger partial charge in [-0.2, -0.15) is 0 Å². The molecule has 0 saturated heterocycles. The molecule has 0 atom stereocenters. The summed E-state index contributed by atoms with van der Waals surface area (Å²) in [6.45, 7) is 9.26. The highest BCUT2D eigenvalue weighted by atomic mass is 14.5. The third-order valence-electron chi connectivity index (χ3n) is 11.7. The Labute approximate surface area is 286 Å². The average Bonchev–Trinajstić information content (AvgIpc) is 3.50. The number of allylic oxidation sites excluding steroid dienone is 2. The average molecular weight is 624 g/mol. The number of rotatable bonds is 26. The van der Waals surface area contributed by atoms with Crippen molar-refractivity contribution in [2.24, 2.45) is 0 Å². The molecule has 0 saturated carbocycles. The summed E-state index contributed by atoms with van der Waals surface area (Å²) in [5.41, 5.74) is 12.4. The van der Waals surface area contributed by atoms with Crippen molar-refractivity contribution in [3.8, 4) is 11.1 Å². The van der Waals surface area contributed by atoms with Crippen molar-refractivity contribution in [3.05, 3.63) is 70.6 Å². The summed E-state index contributed by atoms with van der Waals surface area (Å²) in [7, 11) is 0. The lowest BCUT2D eigenvalue weighted by molar-refractivity contribution is 0.396. The van der Waals surface area contributed by atoms with Crippen LogP contribution in [0.25, 0.3) is 16.7 Å². The van der Waals surface area contributed by atoms with Crippen LogP contribution in [0.1, 0.15) is 217 Å². The van der Waals surface area contributed by atoms with Gasteiger partial charge in [0.25, 0.3) is 0 Å². The first-order chi connectivity index (χ1) is 22.6. The van der Waals surface area contributed by atoms with Gasteiger partial charge in [0, 0.05) is 11.8 Å². The van der Waals surface area contributed by atoms with Gasteiger partial charge in [0.2, 0.25) is 0 Å². The Morgan fingerprint density at radius 3 is 1.35 bits per heavy atom. The van der Waals surface area contributed by atoms with E-state index in [1.807, 2.05) is 0 Å². The Balaban J connectivity index is 1.33. The van der Waals surface area contributed by atoms with E-state index in [4.69, 9.17) is 0 Å². The van der Waals surface area contributed by atoms with Gasteiger partial charge >= 0.3 is 0 Å². The van der Waals surface area contributed by atoms with E-state index in [0.29, 0.717) is 0 Å². The second-order valence-electron chi connectivity index (χ2n) is 15.3. The number of hydrogen-bond acceptors (Lipinski definition) is 0. The number of unbranched alkanes of at least 4 members (excludes halogenated alkanes) is 22. The van der Waals surface area contributed by atoms with E-state index in [0.717, 1.165) is 0 Å². The molecule has 2 aliphatic carbocycles. The Kier molecular flexibility index (Phi) is 16.5. The van der Waals surface area contributed by atoms with E-state index >= 15 is 0 Å². The van der Waals surface area contributed by atoms with Crippen LogP contribution in [0.15, 0.2) is 42.0 Å². The van der Waals surface area contributed by atoms with Crippen molar-refractivity contribution in [2.45, 2.75) is 200 Å². The number of benzene rings is 2. The Morgan fingerprint density at radius 1 is 0.435 bits per heavy atom. The molecule has 0 heteroatoms. The van der Waals surface area contributed by atoms with Crippen LogP contribution < -0.4 is 0 Å². The van der Waals surface area contributed by atoms with E-state index in [1.165, 1.54) is 200 Å². The van der Waals surface area contributed by atoms with Crippen molar-refractivity contribution in [1.29, 1.82) is 0 Å². The second kappa shape index (κ2) is 20.5. The first-order valence-corrected chi connectivity index (χ1v) is 20.4. The van der Waals surface area contributed by atoms with Crippen molar-refractivity contribution in [3.63, 3.8) is 0 Å². The van der Waals surface area contributed by atoms with Gasteiger partial charge in [-0.15, -0.1) is 0 Å². The lowest BCUT2D eigenvalue weighted by atomic mass is 9.70. The second-order valence-corrected chi connectivity index (χ2v) is 15.3. The molecule has 1 radical (unpaired) electrons. The normalized spacial score (nSPS) is 14.6. The fourth-order valence-corrected chi connectivity index (χ4v) is 8.71. The highest BCUT2D eigenvalue weighted by Gasteiger charge is 2.43. The zero-order chi connectivity index (χ0) is 32.5. The quantitative estimate of drug-likeness (QED) is 0.0915. The van der Waals surface area contributed by atoms with Crippen molar-refractivity contribution >= 4 is 5.57 Å². The topological polar surface area (TPSA) is 0 Å². The van der Waals surface area contributed by atoms with Crippen LogP contribution in [0.4, 0.5) is 0 Å². The van der Waals surface area contributed by atoms with Crippen LogP contribution in [0.3, 0.4) is 0 Å². The van der Waals surface area contributed by atoms with Crippen LogP contribution in [0.2, 0.25) is 0 Å². The summed E-state index contributed by atoms with van der Waals surface area (Å²) in [6.07, 6.45) is 39.2. The molecule has 0 aromatic heterocycles. The molecule has 0 bridgehead atoms. The van der Waals surface area contributed by atoms with Gasteiger partial charge in [0.05, 0.1) is 0 Å². The van der Waals surface area contributed by atoms with Crippen molar-refractivity contribution in [2.75, 3.05) is 0 Å². The van der Waals surface area contributed by atoms with E-state index < -0.39 is 0 Å². The predicted octanol–water partition coefficient (Wildman–Crippen LogP) is 15.5. The van der Waals surface area contributed by atoms with Gasteiger partial charge in [-0.1, -0.05) is 198 Å². The Bertz CT molecular complexity index is 1150. The summed E-state index contributed by atoms with van der Waals surface area (Å²) < 4.78 is 0. The van der Waals surface area contributed by atoms with Crippen LogP contribution >= 0.6 is 0 Å². The van der Waals surface area contributed by atoms with Crippen molar-refractivity contribution in [1.82, 2.24) is 0 Å². The Hall–Kier alpha value is -1.82. The predicted molar refractivity (Wildman–Crippen MR) is 206 cm³/mol. The highest BCUT2D eigenvalue weighted by Crippen LogP contribution is 2.56. The minimum Gasteiger partial charge on any atom is -0.0654 e. The molecule has 2 aromatic carbocycles. The van der Waals surface area contributed by atoms with Gasteiger partial charge in [0.1, 0.15) is 0 Å². The number of hydrogen-bond donors (Lipinski definition) is 0. The molecule has 0 unspecified atom stereocenters. The van der Waals surface area contributed by atoms with Gasteiger partial charge < -0.3 is 0 Å². The highest BCUT2D eigenvalue weighted by molar-refractivity contribution is 5.88. The largest absolute Gasteiger partial charge is 0.0654 e. The smallest absolute Gasteiger partial charge is 0.0215 e. The maximum absolute atomic E-state index is 2.65. The summed E-state index contributed by atoms with van der Waals surface area (Å²) in [4.78, 5) is 0. The van der Waals surface area contributed by atoms with Crippen molar-refractivity contribution < 1.29 is 0 Å². The number of fused-ring (bicyclic) bond motifs is 4. The van der Waals surface area contributed by atoms with E-state index in [9.17, 15) is 0 Å². The third-order valence-corrected chi connectivity index (χ3v) is 11.7. The SMILES string of the molecule is CCCCCCCCCCCCCCC1(CCCCCCCCCCCCCC)c2ccccc2-c2cc3c(cc21)C(C)=C(C)[CH]3. The first-order valence-electron chi connectivity index (χ1n) is 20.4. The van der Waals surface area contributed by atoms with Gasteiger partial charge in [-0.25, -0.2) is 0 Å². The van der Waals surface area contributed by atoms with Crippen LogP contribution in [-0.4, -0.2) is 0 Å². The fourth-order valence-electron chi connectivity index (χ4n) is 8.71. The summed E-state index contributed by atoms with van der Waals surface area (Å²) in [5, 5.41) is 0. The monoisotopic (exact) mass is 624 g/mol. The van der Waals surface area contributed by atoms with E-state index in [-0.39, 0.29) is 5.41 Å². The minimum atomic E-state index is 0.189. The molecule has 46 heavy (non-hydrogen) atoms. The molecule has 255 valence electrons. The summed E-state index contributed by atoms with van der Waals surface area (Å²) >= 11 is 0. The first kappa shape index (κ1) is 37.0. The summed E-state index contributed by atoms with van der Waals surface area (Å²) in [5.74, 6) is 0. The lowest BCUT2D eigenvalue weighted by Gasteiger charge is -2.33. The minimum absolute atomic E-state index is 0.189. The molecular formula is C46H71. The summed E-state index contributed by atoms with van der Waals surface area (Å²) in [6, 6.07) is 14.7. The van der Waals surface area contributed by atoms with Crippen LogP contribution in [0.5, 0.6) is 0 Å². The van der Waals surface area contributed by atoms with Gasteiger partial charge in [-0.05, 0) is 77.8 Å². The zero-order valence-corrected chi connectivity index (χ0v) is 30.9. The van der Waals surface area contributed by atoms with Gasteiger partial charge in [-0.3, -0.25) is 0 Å². The Morgan fingerprint density at radius 2 is 0.870 bits per heavy atom. The molecule has 4 rings (SSSR count). The molecular weight excluding hydrogens is 553 g/mol. The molecule has 0 heterocycles. The van der Waals surface area contributed by atoms with E-state index in [1.54, 1.807) is 11.1 Å². The van der Waals surface area contributed by atoms with Gasteiger partial charge in [0.15, 0.2) is 0 Å². The maximum Gasteiger partial charge on any atom is 0.0215 e. The van der Waals surface area contributed by atoms with Crippen LogP contribution in [-0.2, 0) is 5.41 Å². The molecule has 0 amide bonds. The van der Waals surface area contributed by atoms with E-state index in [2.05, 4.69) is 70.5 Å². The molecule has 0 fully saturated rings. The molecule has 2 aliphatic rings. The molecule has 0 N–H and O–H groups in total.